The van der Waals surface area contributed by atoms with E-state index in [0.29, 0.717) is 11.8 Å². The predicted octanol–water partition coefficient (Wildman–Crippen LogP) is 3.69. The number of hydrogen-bond donors (Lipinski definition) is 2. The van der Waals surface area contributed by atoms with Crippen LogP contribution in [0.2, 0.25) is 0 Å². The first kappa shape index (κ1) is 17.4. The average Bonchev–Trinajstić information content (AvgIpc) is 2.50. The largest absolute Gasteiger partial charge is 0.396 e. The van der Waals surface area contributed by atoms with E-state index in [9.17, 15) is 10.2 Å². The molecule has 0 unspecified atom stereocenters. The van der Waals surface area contributed by atoms with Crippen LogP contribution in [0.5, 0.6) is 0 Å². The molecule has 2 N–H and O–H groups in total. The van der Waals surface area contributed by atoms with Gasteiger partial charge in [-0.2, -0.15) is 0 Å². The van der Waals surface area contributed by atoms with Gasteiger partial charge in [0.05, 0.1) is 17.3 Å². The summed E-state index contributed by atoms with van der Waals surface area (Å²) in [6, 6.07) is 0. The van der Waals surface area contributed by atoms with Crippen LogP contribution in [0.25, 0.3) is 0 Å². The van der Waals surface area contributed by atoms with E-state index in [-0.39, 0.29) is 34.7 Å². The van der Waals surface area contributed by atoms with Crippen molar-refractivity contribution in [1.82, 2.24) is 0 Å². The molecular weight excluding hydrogens is 288 g/mol. The first-order chi connectivity index (χ1) is 10.6. The van der Waals surface area contributed by atoms with Crippen molar-refractivity contribution in [2.45, 2.75) is 83.5 Å². The van der Waals surface area contributed by atoms with E-state index in [2.05, 4.69) is 34.3 Å². The molecule has 2 aliphatic carbocycles. The summed E-state index contributed by atoms with van der Waals surface area (Å²) in [5, 5.41) is 21.0. The Balaban J connectivity index is 2.00. The molecule has 3 heteroatoms. The Kier molecular flexibility index (Phi) is 4.02. The van der Waals surface area contributed by atoms with Crippen LogP contribution in [-0.4, -0.2) is 34.1 Å². The third-order valence-corrected chi connectivity index (χ3v) is 7.91. The molecule has 0 aromatic carbocycles. The molecule has 0 spiro atoms. The molecule has 0 amide bonds. The topological polar surface area (TPSA) is 49.7 Å². The molecule has 3 rings (SSSR count). The van der Waals surface area contributed by atoms with Gasteiger partial charge >= 0.3 is 0 Å². The van der Waals surface area contributed by atoms with Gasteiger partial charge in [-0.25, -0.2) is 0 Å². The Morgan fingerprint density at radius 3 is 2.30 bits per heavy atom. The molecule has 0 bridgehead atoms. The van der Waals surface area contributed by atoms with Crippen LogP contribution in [0.1, 0.15) is 66.2 Å². The first-order valence-electron chi connectivity index (χ1n) is 9.26. The monoisotopic (exact) mass is 322 g/mol. The highest BCUT2D eigenvalue weighted by atomic mass is 16.5. The second-order valence-electron chi connectivity index (χ2n) is 9.35. The molecule has 132 valence electrons. The third-order valence-electron chi connectivity index (χ3n) is 7.91. The molecule has 3 aliphatic rings. The van der Waals surface area contributed by atoms with Crippen LogP contribution >= 0.6 is 0 Å². The Bertz CT molecular complexity index is 491. The van der Waals surface area contributed by atoms with Gasteiger partial charge in [-0.1, -0.05) is 19.9 Å². The van der Waals surface area contributed by atoms with Crippen molar-refractivity contribution in [3.63, 3.8) is 0 Å². The van der Waals surface area contributed by atoms with Crippen molar-refractivity contribution in [3.05, 3.63) is 12.7 Å². The van der Waals surface area contributed by atoms with Crippen LogP contribution in [0.4, 0.5) is 0 Å². The minimum Gasteiger partial charge on any atom is -0.396 e. The molecule has 3 fully saturated rings. The second-order valence-corrected chi connectivity index (χ2v) is 9.35. The van der Waals surface area contributed by atoms with Crippen LogP contribution in [0, 0.1) is 22.7 Å². The number of fused-ring (bicyclic) bond motifs is 3. The molecule has 7 atom stereocenters. The molecule has 2 saturated carbocycles. The molecule has 23 heavy (non-hydrogen) atoms. The lowest BCUT2D eigenvalue weighted by Crippen LogP contribution is -2.66. The Labute approximate surface area is 141 Å². The summed E-state index contributed by atoms with van der Waals surface area (Å²) in [5.74, 6) is 0.696. The molecule has 0 aromatic heterocycles. The van der Waals surface area contributed by atoms with E-state index in [0.717, 1.165) is 38.5 Å². The summed E-state index contributed by atoms with van der Waals surface area (Å²) in [6.45, 7) is 13.0. The van der Waals surface area contributed by atoms with Crippen molar-refractivity contribution in [3.8, 4) is 0 Å². The second kappa shape index (κ2) is 5.31. The van der Waals surface area contributed by atoms with Crippen LogP contribution < -0.4 is 0 Å². The number of ether oxygens (including phenoxy) is 1. The zero-order valence-electron chi connectivity index (χ0n) is 15.3. The fraction of sp³-hybridized carbons (Fsp3) is 0.900. The van der Waals surface area contributed by atoms with Gasteiger partial charge in [-0.3, -0.25) is 0 Å². The quantitative estimate of drug-likeness (QED) is 0.762. The molecule has 0 aromatic rings. The SMILES string of the molecule is C=C[C@@]1(C)CC[C@@H]2[C@@]3(C)[C@H](O)CC[C@@](C)(CO)[C@@H]3CC[C@@]2(C)O1. The average molecular weight is 322 g/mol. The van der Waals surface area contributed by atoms with Crippen LogP contribution in [-0.2, 0) is 4.74 Å². The standard InChI is InChI=1S/C20H34O3/c1-6-18(3)11-7-15-19(4,23-18)12-8-14-17(2,13-21)10-9-16(22)20(14,15)5/h6,14-16,21-22H,1,7-13H2,2-5H3/t14-,15-,16+,17-,18-,19+,20-/m0/s1. The molecule has 3 nitrogen and oxygen atoms in total. The maximum absolute atomic E-state index is 11.0. The number of aliphatic hydroxyl groups excluding tert-OH is 2. The number of hydrogen-bond acceptors (Lipinski definition) is 3. The summed E-state index contributed by atoms with van der Waals surface area (Å²) in [5.41, 5.74) is -0.713. The van der Waals surface area contributed by atoms with Gasteiger partial charge in [0, 0.05) is 12.0 Å². The van der Waals surface area contributed by atoms with Crippen molar-refractivity contribution in [1.29, 1.82) is 0 Å². The van der Waals surface area contributed by atoms with Gasteiger partial charge in [-0.05, 0) is 69.6 Å². The molecular formula is C20H34O3. The molecule has 0 radical (unpaired) electrons. The van der Waals surface area contributed by atoms with Crippen molar-refractivity contribution < 1.29 is 14.9 Å². The highest BCUT2D eigenvalue weighted by Gasteiger charge is 2.64. The summed E-state index contributed by atoms with van der Waals surface area (Å²) in [6.07, 6.45) is 7.39. The van der Waals surface area contributed by atoms with E-state index in [1.165, 1.54) is 0 Å². The van der Waals surface area contributed by atoms with Gasteiger partial charge in [0.25, 0.3) is 0 Å². The van der Waals surface area contributed by atoms with E-state index >= 15 is 0 Å². The summed E-state index contributed by atoms with van der Waals surface area (Å²) >= 11 is 0. The maximum Gasteiger partial charge on any atom is 0.0839 e. The van der Waals surface area contributed by atoms with Crippen molar-refractivity contribution >= 4 is 0 Å². The predicted molar refractivity (Wildman–Crippen MR) is 92.1 cm³/mol. The van der Waals surface area contributed by atoms with Crippen molar-refractivity contribution in [2.24, 2.45) is 22.7 Å². The zero-order valence-corrected chi connectivity index (χ0v) is 15.3. The maximum atomic E-state index is 11.0. The summed E-state index contributed by atoms with van der Waals surface area (Å²) in [7, 11) is 0. The summed E-state index contributed by atoms with van der Waals surface area (Å²) in [4.78, 5) is 0. The Hall–Kier alpha value is -0.380. The van der Waals surface area contributed by atoms with Gasteiger partial charge in [0.1, 0.15) is 0 Å². The van der Waals surface area contributed by atoms with E-state index in [4.69, 9.17) is 4.74 Å². The van der Waals surface area contributed by atoms with Gasteiger partial charge < -0.3 is 14.9 Å². The zero-order chi connectivity index (χ0) is 17.1. The Morgan fingerprint density at radius 2 is 1.70 bits per heavy atom. The van der Waals surface area contributed by atoms with E-state index in [1.54, 1.807) is 0 Å². The van der Waals surface area contributed by atoms with Crippen molar-refractivity contribution in [2.75, 3.05) is 6.61 Å². The first-order valence-corrected chi connectivity index (χ1v) is 9.26. The minimum absolute atomic E-state index is 0.0749. The molecule has 1 aliphatic heterocycles. The highest BCUT2D eigenvalue weighted by molar-refractivity contribution is 5.15. The van der Waals surface area contributed by atoms with Gasteiger partial charge in [0.2, 0.25) is 0 Å². The fourth-order valence-electron chi connectivity index (χ4n) is 6.42. The third kappa shape index (κ3) is 2.34. The number of aliphatic hydroxyl groups is 2. The van der Waals surface area contributed by atoms with E-state index in [1.807, 2.05) is 6.08 Å². The van der Waals surface area contributed by atoms with E-state index < -0.39 is 0 Å². The molecule has 1 heterocycles. The normalized spacial score (nSPS) is 56.5. The van der Waals surface area contributed by atoms with Gasteiger partial charge in [0.15, 0.2) is 0 Å². The smallest absolute Gasteiger partial charge is 0.0839 e. The lowest BCUT2D eigenvalue weighted by molar-refractivity contribution is -0.277. The van der Waals surface area contributed by atoms with Gasteiger partial charge in [-0.15, -0.1) is 6.58 Å². The minimum atomic E-state index is -0.298. The molecule has 1 saturated heterocycles. The summed E-state index contributed by atoms with van der Waals surface area (Å²) < 4.78 is 6.59. The lowest BCUT2D eigenvalue weighted by atomic mass is 9.43. The van der Waals surface area contributed by atoms with Crippen LogP contribution in [0.3, 0.4) is 0 Å². The number of rotatable bonds is 2. The van der Waals surface area contributed by atoms with Crippen LogP contribution in [0.15, 0.2) is 12.7 Å². The lowest BCUT2D eigenvalue weighted by Gasteiger charge is -2.66. The Morgan fingerprint density at radius 1 is 1.04 bits per heavy atom. The highest BCUT2D eigenvalue weighted by Crippen LogP contribution is 2.65. The fourth-order valence-corrected chi connectivity index (χ4v) is 6.42.